The zero-order chi connectivity index (χ0) is 25.1. The van der Waals surface area contributed by atoms with E-state index in [0.29, 0.717) is 10.8 Å². The molecule has 4 aromatic rings. The zero-order valence-corrected chi connectivity index (χ0v) is 20.9. The Hall–Kier alpha value is -3.62. The number of aliphatic carboxylic acids is 1. The Labute approximate surface area is 211 Å². The Bertz CT molecular complexity index is 1390. The van der Waals surface area contributed by atoms with Crippen molar-refractivity contribution in [1.82, 2.24) is 10.3 Å². The lowest BCUT2D eigenvalue weighted by Crippen LogP contribution is -2.44. The monoisotopic (exact) mass is 509 g/mol. The third-order valence-electron chi connectivity index (χ3n) is 5.49. The van der Waals surface area contributed by atoms with Crippen LogP contribution in [0.3, 0.4) is 0 Å². The minimum absolute atomic E-state index is 0.255. The van der Waals surface area contributed by atoms with Gasteiger partial charge < -0.3 is 20.5 Å². The number of ether oxygens (including phenoxy) is 1. The van der Waals surface area contributed by atoms with Crippen LogP contribution < -0.4 is 15.4 Å². The summed E-state index contributed by atoms with van der Waals surface area (Å²) in [6.45, 7) is 3.48. The number of carbonyl (C=O) groups is 2. The molecule has 0 saturated heterocycles. The van der Waals surface area contributed by atoms with E-state index in [-0.39, 0.29) is 11.5 Å². The van der Waals surface area contributed by atoms with Gasteiger partial charge in [0, 0.05) is 10.7 Å². The molecule has 0 aliphatic rings. The van der Waals surface area contributed by atoms with Crippen molar-refractivity contribution in [2.75, 3.05) is 12.4 Å². The van der Waals surface area contributed by atoms with E-state index in [9.17, 15) is 14.7 Å². The SMILES string of the molecule is COc1cc(-c2ccc(Nc3nc4ccc(Cl)cc4s3)cc2)ccc1C(=O)N[C@H](C(=O)O)C(C)C. The van der Waals surface area contributed by atoms with E-state index in [1.807, 2.05) is 48.5 Å². The van der Waals surface area contributed by atoms with Crippen molar-refractivity contribution < 1.29 is 19.4 Å². The van der Waals surface area contributed by atoms with Gasteiger partial charge in [0.2, 0.25) is 0 Å². The van der Waals surface area contributed by atoms with Crippen molar-refractivity contribution in [1.29, 1.82) is 0 Å². The number of rotatable bonds is 8. The molecule has 3 aromatic carbocycles. The van der Waals surface area contributed by atoms with Crippen molar-refractivity contribution in [3.05, 3.63) is 71.2 Å². The van der Waals surface area contributed by atoms with E-state index in [4.69, 9.17) is 16.3 Å². The van der Waals surface area contributed by atoms with Gasteiger partial charge in [-0.2, -0.15) is 0 Å². The average molecular weight is 510 g/mol. The minimum Gasteiger partial charge on any atom is -0.496 e. The van der Waals surface area contributed by atoms with Crippen LogP contribution in [-0.4, -0.2) is 35.1 Å². The maximum Gasteiger partial charge on any atom is 0.326 e. The van der Waals surface area contributed by atoms with Crippen molar-refractivity contribution in [2.45, 2.75) is 19.9 Å². The zero-order valence-electron chi connectivity index (χ0n) is 19.3. The molecule has 0 radical (unpaired) electrons. The molecule has 9 heteroatoms. The Kier molecular flexibility index (Phi) is 7.23. The second-order valence-electron chi connectivity index (χ2n) is 8.28. The van der Waals surface area contributed by atoms with Gasteiger partial charge in [0.25, 0.3) is 5.91 Å². The van der Waals surface area contributed by atoms with Crippen molar-refractivity contribution in [3.63, 3.8) is 0 Å². The van der Waals surface area contributed by atoms with Crippen LogP contribution in [0.1, 0.15) is 24.2 Å². The van der Waals surface area contributed by atoms with Crippen LogP contribution in [-0.2, 0) is 4.79 Å². The minimum atomic E-state index is -1.08. The molecule has 4 rings (SSSR count). The largest absolute Gasteiger partial charge is 0.496 e. The van der Waals surface area contributed by atoms with Crippen molar-refractivity contribution >= 4 is 55.8 Å². The van der Waals surface area contributed by atoms with Gasteiger partial charge in [0.05, 0.1) is 22.9 Å². The van der Waals surface area contributed by atoms with Crippen LogP contribution in [0.15, 0.2) is 60.7 Å². The van der Waals surface area contributed by atoms with E-state index >= 15 is 0 Å². The molecule has 0 unspecified atom stereocenters. The normalized spacial score (nSPS) is 11.9. The van der Waals surface area contributed by atoms with Gasteiger partial charge in [-0.05, 0) is 59.5 Å². The number of methoxy groups -OCH3 is 1. The molecule has 0 fully saturated rings. The molecule has 1 amide bonds. The van der Waals surface area contributed by atoms with Gasteiger partial charge in [-0.1, -0.05) is 55.0 Å². The Morgan fingerprint density at radius 1 is 1.03 bits per heavy atom. The van der Waals surface area contributed by atoms with Crippen molar-refractivity contribution in [3.8, 4) is 16.9 Å². The summed E-state index contributed by atoms with van der Waals surface area (Å²) >= 11 is 7.59. The maximum atomic E-state index is 12.7. The second kappa shape index (κ2) is 10.3. The third-order valence-corrected chi connectivity index (χ3v) is 6.65. The molecular weight excluding hydrogens is 486 g/mol. The fourth-order valence-electron chi connectivity index (χ4n) is 3.61. The number of halogens is 1. The summed E-state index contributed by atoms with van der Waals surface area (Å²) in [5, 5.41) is 16.7. The standard InChI is InChI=1S/C26H24ClN3O4S/c1-14(2)23(25(32)33)30-24(31)19-10-6-16(12-21(19)34-3)15-4-8-18(9-5-15)28-26-29-20-11-7-17(27)13-22(20)35-26/h4-14,23H,1-3H3,(H,28,29)(H,30,31)(H,32,33)/t23-/m0/s1. The highest BCUT2D eigenvalue weighted by Gasteiger charge is 2.25. The van der Waals surface area contributed by atoms with E-state index in [0.717, 1.165) is 32.2 Å². The molecule has 7 nitrogen and oxygen atoms in total. The number of hydrogen-bond acceptors (Lipinski definition) is 6. The summed E-state index contributed by atoms with van der Waals surface area (Å²) in [5.41, 5.74) is 3.84. The number of aromatic nitrogens is 1. The highest BCUT2D eigenvalue weighted by molar-refractivity contribution is 7.22. The lowest BCUT2D eigenvalue weighted by Gasteiger charge is -2.19. The summed E-state index contributed by atoms with van der Waals surface area (Å²) in [7, 11) is 1.48. The number of carboxylic acid groups (broad SMARTS) is 1. The summed E-state index contributed by atoms with van der Waals surface area (Å²) in [5.74, 6) is -1.46. The van der Waals surface area contributed by atoms with Crippen LogP contribution in [0.2, 0.25) is 5.02 Å². The molecule has 0 spiro atoms. The molecule has 0 bridgehead atoms. The first-order valence-electron chi connectivity index (χ1n) is 10.9. The van der Waals surface area contributed by atoms with Gasteiger partial charge in [-0.3, -0.25) is 4.79 Å². The van der Waals surface area contributed by atoms with Crippen molar-refractivity contribution in [2.24, 2.45) is 5.92 Å². The lowest BCUT2D eigenvalue weighted by atomic mass is 10.0. The molecule has 0 saturated carbocycles. The number of benzene rings is 3. The fraction of sp³-hybridized carbons (Fsp3) is 0.192. The van der Waals surface area contributed by atoms with E-state index in [1.165, 1.54) is 18.4 Å². The molecule has 35 heavy (non-hydrogen) atoms. The predicted molar refractivity (Wildman–Crippen MR) is 140 cm³/mol. The first kappa shape index (κ1) is 24.5. The highest BCUT2D eigenvalue weighted by Crippen LogP contribution is 2.32. The highest BCUT2D eigenvalue weighted by atomic mass is 35.5. The predicted octanol–water partition coefficient (Wildman–Crippen LogP) is 6.21. The number of nitrogens with zero attached hydrogens (tertiary/aromatic N) is 1. The maximum absolute atomic E-state index is 12.7. The quantitative estimate of drug-likeness (QED) is 0.261. The topological polar surface area (TPSA) is 101 Å². The van der Waals surface area contributed by atoms with Crippen LogP contribution in [0, 0.1) is 5.92 Å². The number of anilines is 2. The fourth-order valence-corrected chi connectivity index (χ4v) is 4.77. The van der Waals surface area contributed by atoms with Gasteiger partial charge in [0.15, 0.2) is 5.13 Å². The number of carboxylic acids is 1. The summed E-state index contributed by atoms with van der Waals surface area (Å²) in [4.78, 5) is 28.7. The molecule has 1 aromatic heterocycles. The van der Waals surface area contributed by atoms with Gasteiger partial charge in [0.1, 0.15) is 11.8 Å². The molecular formula is C26H24ClN3O4S. The molecule has 3 N–H and O–H groups in total. The van der Waals surface area contributed by atoms with E-state index in [2.05, 4.69) is 15.6 Å². The molecule has 1 atom stereocenters. The third kappa shape index (κ3) is 5.55. The van der Waals surface area contributed by atoms with Crippen LogP contribution >= 0.6 is 22.9 Å². The number of hydrogen-bond donors (Lipinski definition) is 3. The molecule has 1 heterocycles. The lowest BCUT2D eigenvalue weighted by molar-refractivity contribution is -0.140. The Morgan fingerprint density at radius 2 is 1.74 bits per heavy atom. The summed E-state index contributed by atoms with van der Waals surface area (Å²) < 4.78 is 6.44. The van der Waals surface area contributed by atoms with E-state index < -0.39 is 17.9 Å². The van der Waals surface area contributed by atoms with Crippen LogP contribution in [0.5, 0.6) is 5.75 Å². The number of nitrogens with one attached hydrogen (secondary N) is 2. The Balaban J connectivity index is 1.51. The summed E-state index contributed by atoms with van der Waals surface area (Å²) in [6, 6.07) is 17.6. The summed E-state index contributed by atoms with van der Waals surface area (Å²) in [6.07, 6.45) is 0. The van der Waals surface area contributed by atoms with Gasteiger partial charge in [-0.15, -0.1) is 0 Å². The van der Waals surface area contributed by atoms with Gasteiger partial charge in [-0.25, -0.2) is 9.78 Å². The number of amides is 1. The van der Waals surface area contributed by atoms with Crippen LogP contribution in [0.4, 0.5) is 10.8 Å². The first-order chi connectivity index (χ1) is 16.7. The first-order valence-corrected chi connectivity index (χ1v) is 12.1. The molecule has 0 aliphatic carbocycles. The van der Waals surface area contributed by atoms with Gasteiger partial charge >= 0.3 is 5.97 Å². The second-order valence-corrected chi connectivity index (χ2v) is 9.75. The number of carbonyl (C=O) groups excluding carboxylic acids is 1. The average Bonchev–Trinajstić information content (AvgIpc) is 3.23. The van der Waals surface area contributed by atoms with E-state index in [1.54, 1.807) is 26.0 Å². The Morgan fingerprint density at radius 3 is 2.40 bits per heavy atom. The smallest absolute Gasteiger partial charge is 0.326 e. The molecule has 0 aliphatic heterocycles. The van der Waals surface area contributed by atoms with Crippen LogP contribution in [0.25, 0.3) is 21.3 Å². The number of fused-ring (bicyclic) bond motifs is 1. The number of thiazole rings is 1. The molecule has 180 valence electrons.